The second kappa shape index (κ2) is 10.9. The molecule has 0 heterocycles. The molecule has 29 heavy (non-hydrogen) atoms. The van der Waals surface area contributed by atoms with Crippen molar-refractivity contribution < 1.29 is 14.3 Å². The standard InChI is InChI=1S/C22H30N4O3/c1-5-15(2)26-21(27)18-8-6-7-16(11-18)13-24-22(23)25-14-17-9-10-19(28-3)20(12-17)29-4/h6-12,15H,5,13-14H2,1-4H3,(H,26,27)(H3,23,24,25). The molecule has 2 aromatic rings. The predicted octanol–water partition coefficient (Wildman–Crippen LogP) is 2.84. The van der Waals surface area contributed by atoms with Gasteiger partial charge >= 0.3 is 0 Å². The molecule has 0 fully saturated rings. The van der Waals surface area contributed by atoms with Crippen LogP contribution in [0.15, 0.2) is 47.5 Å². The number of carbonyl (C=O) groups is 1. The number of ether oxygens (including phenoxy) is 2. The molecule has 0 spiro atoms. The summed E-state index contributed by atoms with van der Waals surface area (Å²) in [5.74, 6) is 1.59. The molecular weight excluding hydrogens is 368 g/mol. The number of rotatable bonds is 9. The van der Waals surface area contributed by atoms with Crippen LogP contribution in [0.5, 0.6) is 11.5 Å². The Morgan fingerprint density at radius 2 is 1.86 bits per heavy atom. The summed E-state index contributed by atoms with van der Waals surface area (Å²) >= 11 is 0. The molecule has 0 aliphatic carbocycles. The summed E-state index contributed by atoms with van der Waals surface area (Å²) in [5, 5.41) is 6.04. The van der Waals surface area contributed by atoms with Crippen molar-refractivity contribution in [3.8, 4) is 11.5 Å². The van der Waals surface area contributed by atoms with Gasteiger partial charge in [-0.2, -0.15) is 0 Å². The third-order valence-corrected chi connectivity index (χ3v) is 4.53. The highest BCUT2D eigenvalue weighted by Crippen LogP contribution is 2.27. The van der Waals surface area contributed by atoms with Gasteiger partial charge in [-0.1, -0.05) is 25.1 Å². The summed E-state index contributed by atoms with van der Waals surface area (Å²) in [4.78, 5) is 16.6. The number of nitrogens with zero attached hydrogens (tertiary/aromatic N) is 1. The van der Waals surface area contributed by atoms with Crippen molar-refractivity contribution in [2.45, 2.75) is 39.4 Å². The molecule has 4 N–H and O–H groups in total. The highest BCUT2D eigenvalue weighted by Gasteiger charge is 2.09. The van der Waals surface area contributed by atoms with Crippen LogP contribution in [0.25, 0.3) is 0 Å². The predicted molar refractivity (Wildman–Crippen MR) is 115 cm³/mol. The van der Waals surface area contributed by atoms with Crippen molar-refractivity contribution in [1.82, 2.24) is 10.6 Å². The highest BCUT2D eigenvalue weighted by molar-refractivity contribution is 5.94. The van der Waals surface area contributed by atoms with E-state index in [1.165, 1.54) is 0 Å². The van der Waals surface area contributed by atoms with E-state index in [0.29, 0.717) is 36.1 Å². The fourth-order valence-electron chi connectivity index (χ4n) is 2.64. The Labute approximate surface area is 172 Å². The van der Waals surface area contributed by atoms with Crippen LogP contribution < -0.4 is 25.8 Å². The second-order valence-electron chi connectivity index (χ2n) is 6.73. The fourth-order valence-corrected chi connectivity index (χ4v) is 2.64. The Morgan fingerprint density at radius 3 is 2.55 bits per heavy atom. The van der Waals surface area contributed by atoms with Crippen LogP contribution in [0.1, 0.15) is 41.8 Å². The van der Waals surface area contributed by atoms with Crippen LogP contribution in [0.2, 0.25) is 0 Å². The van der Waals surface area contributed by atoms with E-state index in [1.54, 1.807) is 20.3 Å². The minimum atomic E-state index is -0.0790. The van der Waals surface area contributed by atoms with Gasteiger partial charge in [-0.3, -0.25) is 4.79 Å². The summed E-state index contributed by atoms with van der Waals surface area (Å²) in [6, 6.07) is 13.2. The maximum absolute atomic E-state index is 12.3. The van der Waals surface area contributed by atoms with Crippen molar-refractivity contribution in [2.24, 2.45) is 10.7 Å². The number of hydrogen-bond donors (Lipinski definition) is 3. The van der Waals surface area contributed by atoms with Gasteiger partial charge in [-0.05, 0) is 48.7 Å². The lowest BCUT2D eigenvalue weighted by atomic mass is 10.1. The maximum Gasteiger partial charge on any atom is 0.251 e. The quantitative estimate of drug-likeness (QED) is 0.446. The van der Waals surface area contributed by atoms with Crippen LogP contribution >= 0.6 is 0 Å². The molecule has 0 saturated carbocycles. The molecule has 7 heteroatoms. The minimum Gasteiger partial charge on any atom is -0.493 e. The Morgan fingerprint density at radius 1 is 1.10 bits per heavy atom. The van der Waals surface area contributed by atoms with Gasteiger partial charge in [0.15, 0.2) is 17.5 Å². The molecule has 0 aromatic heterocycles. The molecule has 0 aliphatic heterocycles. The first kappa shape index (κ1) is 22.1. The van der Waals surface area contributed by atoms with Gasteiger partial charge in [-0.15, -0.1) is 0 Å². The smallest absolute Gasteiger partial charge is 0.251 e. The normalized spacial score (nSPS) is 12.2. The molecule has 1 unspecified atom stereocenters. The summed E-state index contributed by atoms with van der Waals surface area (Å²) in [7, 11) is 3.20. The van der Waals surface area contributed by atoms with E-state index in [-0.39, 0.29) is 11.9 Å². The van der Waals surface area contributed by atoms with Crippen LogP contribution in [-0.4, -0.2) is 32.1 Å². The van der Waals surface area contributed by atoms with Gasteiger partial charge in [0, 0.05) is 18.2 Å². The van der Waals surface area contributed by atoms with Crippen molar-refractivity contribution in [1.29, 1.82) is 0 Å². The zero-order chi connectivity index (χ0) is 21.2. The molecule has 0 bridgehead atoms. The molecule has 0 saturated heterocycles. The largest absolute Gasteiger partial charge is 0.493 e. The third kappa shape index (κ3) is 6.71. The van der Waals surface area contributed by atoms with Crippen molar-refractivity contribution in [2.75, 3.05) is 14.2 Å². The lowest BCUT2D eigenvalue weighted by molar-refractivity contribution is 0.0939. The van der Waals surface area contributed by atoms with Gasteiger partial charge in [0.1, 0.15) is 0 Å². The minimum absolute atomic E-state index is 0.0790. The first-order chi connectivity index (χ1) is 14.0. The Kier molecular flexibility index (Phi) is 8.33. The molecule has 7 nitrogen and oxygen atoms in total. The molecule has 0 radical (unpaired) electrons. The topological polar surface area (TPSA) is 98.0 Å². The van der Waals surface area contributed by atoms with Gasteiger partial charge in [0.05, 0.1) is 20.8 Å². The van der Waals surface area contributed by atoms with E-state index >= 15 is 0 Å². The Balaban J connectivity index is 1.94. The van der Waals surface area contributed by atoms with E-state index < -0.39 is 0 Å². The third-order valence-electron chi connectivity index (χ3n) is 4.53. The average molecular weight is 399 g/mol. The zero-order valence-corrected chi connectivity index (χ0v) is 17.5. The number of guanidine groups is 1. The molecule has 156 valence electrons. The van der Waals surface area contributed by atoms with E-state index in [4.69, 9.17) is 15.2 Å². The number of hydrogen-bond acceptors (Lipinski definition) is 4. The number of benzene rings is 2. The zero-order valence-electron chi connectivity index (χ0n) is 17.5. The number of nitrogens with one attached hydrogen (secondary N) is 2. The fraction of sp³-hybridized carbons (Fsp3) is 0.364. The summed E-state index contributed by atoms with van der Waals surface area (Å²) < 4.78 is 10.5. The molecule has 1 amide bonds. The number of aliphatic imine (C=N–C) groups is 1. The SMILES string of the molecule is CCC(C)NC(=O)c1cccc(CN=C(N)NCc2ccc(OC)c(OC)c2)c1. The van der Waals surface area contributed by atoms with Crippen molar-refractivity contribution in [3.63, 3.8) is 0 Å². The summed E-state index contributed by atoms with van der Waals surface area (Å²) in [6.07, 6.45) is 0.887. The monoisotopic (exact) mass is 398 g/mol. The molecule has 2 aromatic carbocycles. The maximum atomic E-state index is 12.3. The lowest BCUT2D eigenvalue weighted by Gasteiger charge is -2.12. The summed E-state index contributed by atoms with van der Waals surface area (Å²) in [6.45, 7) is 4.91. The number of carbonyl (C=O) groups excluding carboxylic acids is 1. The van der Waals surface area contributed by atoms with E-state index in [2.05, 4.69) is 15.6 Å². The Hall–Kier alpha value is -3.22. The second-order valence-corrected chi connectivity index (χ2v) is 6.73. The first-order valence-corrected chi connectivity index (χ1v) is 9.61. The van der Waals surface area contributed by atoms with Gasteiger partial charge in [0.25, 0.3) is 5.91 Å². The molecule has 0 aliphatic rings. The highest BCUT2D eigenvalue weighted by atomic mass is 16.5. The average Bonchev–Trinajstić information content (AvgIpc) is 2.75. The van der Waals surface area contributed by atoms with E-state index in [1.807, 2.05) is 50.2 Å². The van der Waals surface area contributed by atoms with Crippen LogP contribution in [0, 0.1) is 0 Å². The van der Waals surface area contributed by atoms with Crippen LogP contribution in [-0.2, 0) is 13.1 Å². The summed E-state index contributed by atoms with van der Waals surface area (Å²) in [5.41, 5.74) is 8.51. The molecule has 2 rings (SSSR count). The lowest BCUT2D eigenvalue weighted by Crippen LogP contribution is -2.32. The van der Waals surface area contributed by atoms with Crippen LogP contribution in [0.4, 0.5) is 0 Å². The number of nitrogens with two attached hydrogens (primary N) is 1. The van der Waals surface area contributed by atoms with Gasteiger partial charge in [0.2, 0.25) is 0 Å². The van der Waals surface area contributed by atoms with Crippen LogP contribution in [0.3, 0.4) is 0 Å². The number of methoxy groups -OCH3 is 2. The Bertz CT molecular complexity index is 852. The van der Waals surface area contributed by atoms with Gasteiger partial charge in [-0.25, -0.2) is 4.99 Å². The van der Waals surface area contributed by atoms with Crippen molar-refractivity contribution in [3.05, 3.63) is 59.2 Å². The van der Waals surface area contributed by atoms with Crippen molar-refractivity contribution >= 4 is 11.9 Å². The first-order valence-electron chi connectivity index (χ1n) is 9.61. The number of amides is 1. The van der Waals surface area contributed by atoms with Gasteiger partial charge < -0.3 is 25.8 Å². The molecular formula is C22H30N4O3. The van der Waals surface area contributed by atoms with E-state index in [9.17, 15) is 4.79 Å². The van der Waals surface area contributed by atoms with E-state index in [0.717, 1.165) is 17.5 Å². The molecule has 1 atom stereocenters.